The van der Waals surface area contributed by atoms with Crippen LogP contribution in [-0.2, 0) is 14.3 Å². The summed E-state index contributed by atoms with van der Waals surface area (Å²) in [5.41, 5.74) is -0.738. The van der Waals surface area contributed by atoms with Crippen LogP contribution >= 0.6 is 0 Å². The molecule has 0 aromatic carbocycles. The lowest BCUT2D eigenvalue weighted by Crippen LogP contribution is -2.53. The SMILES string of the molecule is O=C(NCC1(C(=O)O)CCC1)C1CNCCO1. The Morgan fingerprint density at radius 1 is 1.47 bits per heavy atom. The van der Waals surface area contributed by atoms with Crippen LogP contribution in [0.25, 0.3) is 0 Å². The van der Waals surface area contributed by atoms with Crippen LogP contribution in [0.5, 0.6) is 0 Å². The van der Waals surface area contributed by atoms with E-state index in [-0.39, 0.29) is 12.5 Å². The Labute approximate surface area is 99.7 Å². The molecule has 1 saturated heterocycles. The highest BCUT2D eigenvalue weighted by Gasteiger charge is 2.44. The quantitative estimate of drug-likeness (QED) is 0.609. The van der Waals surface area contributed by atoms with Gasteiger partial charge in [-0.1, -0.05) is 6.42 Å². The van der Waals surface area contributed by atoms with E-state index < -0.39 is 17.5 Å². The van der Waals surface area contributed by atoms with Gasteiger partial charge >= 0.3 is 5.97 Å². The zero-order valence-corrected chi connectivity index (χ0v) is 9.70. The van der Waals surface area contributed by atoms with Crippen LogP contribution in [0.2, 0.25) is 0 Å². The van der Waals surface area contributed by atoms with Crippen LogP contribution < -0.4 is 10.6 Å². The van der Waals surface area contributed by atoms with E-state index >= 15 is 0 Å². The number of hydrogen-bond donors (Lipinski definition) is 3. The summed E-state index contributed by atoms with van der Waals surface area (Å²) in [6.07, 6.45) is 1.72. The van der Waals surface area contributed by atoms with Crippen LogP contribution in [0.4, 0.5) is 0 Å². The zero-order valence-electron chi connectivity index (χ0n) is 9.70. The highest BCUT2D eigenvalue weighted by atomic mass is 16.5. The van der Waals surface area contributed by atoms with Crippen molar-refractivity contribution in [2.75, 3.05) is 26.2 Å². The summed E-state index contributed by atoms with van der Waals surface area (Å²) in [7, 11) is 0. The van der Waals surface area contributed by atoms with Crippen molar-refractivity contribution >= 4 is 11.9 Å². The van der Waals surface area contributed by atoms with E-state index in [4.69, 9.17) is 9.84 Å². The van der Waals surface area contributed by atoms with Crippen molar-refractivity contribution in [2.45, 2.75) is 25.4 Å². The molecule has 1 aliphatic carbocycles. The number of ether oxygens (including phenoxy) is 1. The van der Waals surface area contributed by atoms with E-state index in [0.29, 0.717) is 26.0 Å². The number of carboxylic acid groups (broad SMARTS) is 1. The van der Waals surface area contributed by atoms with Crippen molar-refractivity contribution in [1.82, 2.24) is 10.6 Å². The summed E-state index contributed by atoms with van der Waals surface area (Å²) >= 11 is 0. The Balaban J connectivity index is 1.80. The minimum atomic E-state index is -0.813. The fraction of sp³-hybridized carbons (Fsp3) is 0.818. The van der Waals surface area contributed by atoms with Gasteiger partial charge in [0, 0.05) is 19.6 Å². The van der Waals surface area contributed by atoms with Crippen LogP contribution in [0.1, 0.15) is 19.3 Å². The summed E-state index contributed by atoms with van der Waals surface area (Å²) < 4.78 is 5.30. The van der Waals surface area contributed by atoms with Crippen LogP contribution in [0.15, 0.2) is 0 Å². The average Bonchev–Trinajstić information content (AvgIpc) is 2.28. The Hall–Kier alpha value is -1.14. The minimum Gasteiger partial charge on any atom is -0.481 e. The first-order valence-electron chi connectivity index (χ1n) is 5.97. The van der Waals surface area contributed by atoms with Gasteiger partial charge in [0.1, 0.15) is 6.10 Å². The van der Waals surface area contributed by atoms with Crippen molar-refractivity contribution in [3.05, 3.63) is 0 Å². The lowest BCUT2D eigenvalue weighted by molar-refractivity contribution is -0.154. The standard InChI is InChI=1S/C11H18N2O4/c14-9(8-6-12-4-5-17-8)13-7-11(10(15)16)2-1-3-11/h8,12H,1-7H2,(H,13,14)(H,15,16). The number of morpholine rings is 1. The predicted molar refractivity (Wildman–Crippen MR) is 59.5 cm³/mol. The molecule has 2 fully saturated rings. The Kier molecular flexibility index (Phi) is 3.63. The van der Waals surface area contributed by atoms with Gasteiger partial charge in [0.2, 0.25) is 5.91 Å². The molecule has 0 aromatic heterocycles. The maximum absolute atomic E-state index is 11.7. The first-order valence-corrected chi connectivity index (χ1v) is 5.97. The zero-order chi connectivity index (χ0) is 12.3. The van der Waals surface area contributed by atoms with Crippen molar-refractivity contribution in [3.8, 4) is 0 Å². The number of rotatable bonds is 4. The number of carbonyl (C=O) groups excluding carboxylic acids is 1. The second-order valence-corrected chi connectivity index (χ2v) is 4.72. The largest absolute Gasteiger partial charge is 0.481 e. The molecule has 2 aliphatic rings. The average molecular weight is 242 g/mol. The summed E-state index contributed by atoms with van der Waals surface area (Å²) in [5, 5.41) is 14.9. The lowest BCUT2D eigenvalue weighted by Gasteiger charge is -2.38. The van der Waals surface area contributed by atoms with Crippen molar-refractivity contribution < 1.29 is 19.4 Å². The molecular weight excluding hydrogens is 224 g/mol. The van der Waals surface area contributed by atoms with Crippen molar-refractivity contribution in [1.29, 1.82) is 0 Å². The van der Waals surface area contributed by atoms with Gasteiger partial charge < -0.3 is 20.5 Å². The molecule has 0 spiro atoms. The van der Waals surface area contributed by atoms with Gasteiger partial charge in [0.05, 0.1) is 12.0 Å². The second kappa shape index (κ2) is 5.01. The molecule has 1 amide bonds. The van der Waals surface area contributed by atoms with E-state index in [9.17, 15) is 9.59 Å². The fourth-order valence-corrected chi connectivity index (χ4v) is 2.17. The third-order valence-electron chi connectivity index (χ3n) is 3.59. The van der Waals surface area contributed by atoms with Gasteiger partial charge in [-0.3, -0.25) is 9.59 Å². The number of aliphatic carboxylic acids is 1. The maximum Gasteiger partial charge on any atom is 0.311 e. The number of nitrogens with one attached hydrogen (secondary N) is 2. The highest BCUT2D eigenvalue weighted by molar-refractivity contribution is 5.82. The molecule has 17 heavy (non-hydrogen) atoms. The number of carbonyl (C=O) groups is 2. The highest BCUT2D eigenvalue weighted by Crippen LogP contribution is 2.40. The molecule has 3 N–H and O–H groups in total. The maximum atomic E-state index is 11.7. The number of amides is 1. The molecule has 96 valence electrons. The van der Waals surface area contributed by atoms with Gasteiger partial charge in [-0.15, -0.1) is 0 Å². The number of hydrogen-bond acceptors (Lipinski definition) is 4. The monoisotopic (exact) mass is 242 g/mol. The third kappa shape index (κ3) is 2.58. The van der Waals surface area contributed by atoms with E-state index in [1.165, 1.54) is 0 Å². The second-order valence-electron chi connectivity index (χ2n) is 4.72. The Morgan fingerprint density at radius 3 is 2.71 bits per heavy atom. The molecule has 0 aromatic rings. The Bertz CT molecular complexity index is 309. The van der Waals surface area contributed by atoms with Gasteiger partial charge in [-0.2, -0.15) is 0 Å². The molecule has 1 aliphatic heterocycles. The topological polar surface area (TPSA) is 87.7 Å². The molecule has 6 heteroatoms. The molecular formula is C11H18N2O4. The summed E-state index contributed by atoms with van der Waals surface area (Å²) in [6, 6.07) is 0. The molecule has 0 radical (unpaired) electrons. The van der Waals surface area contributed by atoms with E-state index in [1.54, 1.807) is 0 Å². The minimum absolute atomic E-state index is 0.209. The van der Waals surface area contributed by atoms with E-state index in [2.05, 4.69) is 10.6 Å². The van der Waals surface area contributed by atoms with Crippen LogP contribution in [-0.4, -0.2) is 49.3 Å². The number of carboxylic acids is 1. The Morgan fingerprint density at radius 2 is 2.24 bits per heavy atom. The first-order chi connectivity index (χ1) is 8.14. The molecule has 6 nitrogen and oxygen atoms in total. The summed E-state index contributed by atoms with van der Waals surface area (Å²) in [4.78, 5) is 22.8. The molecule has 1 heterocycles. The summed E-state index contributed by atoms with van der Waals surface area (Å²) in [6.45, 7) is 1.97. The third-order valence-corrected chi connectivity index (χ3v) is 3.59. The lowest BCUT2D eigenvalue weighted by atomic mass is 9.69. The van der Waals surface area contributed by atoms with Crippen molar-refractivity contribution in [3.63, 3.8) is 0 Å². The first kappa shape index (κ1) is 12.3. The van der Waals surface area contributed by atoms with Gasteiger partial charge in [0.15, 0.2) is 0 Å². The van der Waals surface area contributed by atoms with Gasteiger partial charge in [-0.25, -0.2) is 0 Å². The van der Waals surface area contributed by atoms with Crippen LogP contribution in [0.3, 0.4) is 0 Å². The summed E-state index contributed by atoms with van der Waals surface area (Å²) in [5.74, 6) is -1.03. The molecule has 1 atom stereocenters. The smallest absolute Gasteiger partial charge is 0.311 e. The molecule has 2 rings (SSSR count). The van der Waals surface area contributed by atoms with Crippen molar-refractivity contribution in [2.24, 2.45) is 5.41 Å². The fourth-order valence-electron chi connectivity index (χ4n) is 2.17. The molecule has 1 unspecified atom stereocenters. The van der Waals surface area contributed by atoms with Crippen LogP contribution in [0, 0.1) is 5.41 Å². The van der Waals surface area contributed by atoms with Gasteiger partial charge in [0.25, 0.3) is 0 Å². The van der Waals surface area contributed by atoms with Gasteiger partial charge in [-0.05, 0) is 12.8 Å². The van der Waals surface area contributed by atoms with E-state index in [0.717, 1.165) is 13.0 Å². The normalized spacial score (nSPS) is 26.9. The van der Waals surface area contributed by atoms with E-state index in [1.807, 2.05) is 0 Å². The molecule has 1 saturated carbocycles. The predicted octanol–water partition coefficient (Wildman–Crippen LogP) is -0.654. The molecule has 0 bridgehead atoms.